The van der Waals surface area contributed by atoms with Crippen molar-refractivity contribution >= 4 is 12.2 Å². The van der Waals surface area contributed by atoms with E-state index in [0.717, 1.165) is 24.3 Å². The predicted molar refractivity (Wildman–Crippen MR) is 104 cm³/mol. The van der Waals surface area contributed by atoms with Crippen molar-refractivity contribution in [3.8, 4) is 11.5 Å². The third-order valence-corrected chi connectivity index (χ3v) is 5.65. The molecule has 0 fully saturated rings. The molecule has 3 aliphatic rings. The summed E-state index contributed by atoms with van der Waals surface area (Å²) >= 11 is 0. The van der Waals surface area contributed by atoms with Crippen LogP contribution in [-0.4, -0.2) is 31.5 Å². The van der Waals surface area contributed by atoms with Crippen molar-refractivity contribution in [3.63, 3.8) is 0 Å². The number of carbonyl (C=O) groups excluding carboxylic acids is 1. The molecule has 1 aromatic carbocycles. The van der Waals surface area contributed by atoms with Crippen LogP contribution in [0.1, 0.15) is 44.7 Å². The number of ether oxygens (including phenoxy) is 3. The summed E-state index contributed by atoms with van der Waals surface area (Å²) in [7, 11) is 1.68. The first-order valence-electron chi connectivity index (χ1n) is 9.55. The Labute approximate surface area is 160 Å². The van der Waals surface area contributed by atoms with Gasteiger partial charge in [0.15, 0.2) is 11.5 Å². The summed E-state index contributed by atoms with van der Waals surface area (Å²) in [6.45, 7) is 6.13. The molecular weight excluding hydrogens is 342 g/mol. The van der Waals surface area contributed by atoms with Crippen molar-refractivity contribution in [1.82, 2.24) is 5.32 Å². The minimum absolute atomic E-state index is 0.0444. The third kappa shape index (κ3) is 2.89. The zero-order chi connectivity index (χ0) is 19.2. The molecule has 0 saturated carbocycles. The standard InChI is InChI=1S/C22H27NO4/c1-21(2,3)27-20(24)23-13-12-22-15-6-5-7-17(22)26-19-16(25-4)11-9-14(8-10-15)18(19)22/h5-6,8-11,15,17H,7,12-13H2,1-4H3,(H,23,24)/t15?,17?,22-/m1/s1. The maximum Gasteiger partial charge on any atom is 0.407 e. The number of amides is 1. The van der Waals surface area contributed by atoms with Gasteiger partial charge in [0.25, 0.3) is 0 Å². The molecule has 0 spiro atoms. The predicted octanol–water partition coefficient (Wildman–Crippen LogP) is 4.21. The summed E-state index contributed by atoms with van der Waals surface area (Å²) in [4.78, 5) is 12.1. The quantitative estimate of drug-likeness (QED) is 0.808. The molecule has 1 N–H and O–H groups in total. The monoisotopic (exact) mass is 369 g/mol. The SMILES string of the molecule is COc1ccc2c3c1OC1CC=CC(C=C2)[C@@]31CCNC(=O)OC(C)(C)C. The van der Waals surface area contributed by atoms with E-state index < -0.39 is 5.60 Å². The molecule has 144 valence electrons. The average Bonchev–Trinajstić information content (AvgIpc) is 2.94. The van der Waals surface area contributed by atoms with Crippen LogP contribution in [0.3, 0.4) is 0 Å². The number of hydrogen-bond donors (Lipinski definition) is 1. The van der Waals surface area contributed by atoms with Gasteiger partial charge in [-0.1, -0.05) is 30.4 Å². The van der Waals surface area contributed by atoms with Gasteiger partial charge in [0, 0.05) is 29.9 Å². The molecule has 0 bridgehead atoms. The van der Waals surface area contributed by atoms with E-state index in [1.54, 1.807) is 7.11 Å². The highest BCUT2D eigenvalue weighted by Crippen LogP contribution is 2.59. The van der Waals surface area contributed by atoms with E-state index >= 15 is 0 Å². The van der Waals surface area contributed by atoms with Crippen molar-refractivity contribution in [2.75, 3.05) is 13.7 Å². The lowest BCUT2D eigenvalue weighted by atomic mass is 9.59. The van der Waals surface area contributed by atoms with Gasteiger partial charge in [-0.2, -0.15) is 0 Å². The molecule has 2 aliphatic carbocycles. The van der Waals surface area contributed by atoms with Crippen LogP contribution in [0.5, 0.6) is 11.5 Å². The van der Waals surface area contributed by atoms with Gasteiger partial charge in [-0.15, -0.1) is 0 Å². The molecular formula is C22H27NO4. The Kier molecular flexibility index (Phi) is 4.21. The van der Waals surface area contributed by atoms with E-state index in [9.17, 15) is 4.79 Å². The maximum absolute atomic E-state index is 12.1. The van der Waals surface area contributed by atoms with E-state index in [-0.39, 0.29) is 23.5 Å². The van der Waals surface area contributed by atoms with Crippen LogP contribution in [0.25, 0.3) is 6.08 Å². The number of methoxy groups -OCH3 is 1. The largest absolute Gasteiger partial charge is 0.493 e. The minimum Gasteiger partial charge on any atom is -0.493 e. The highest BCUT2D eigenvalue weighted by Gasteiger charge is 2.56. The van der Waals surface area contributed by atoms with Gasteiger partial charge in [0.05, 0.1) is 7.11 Å². The Hall–Kier alpha value is -2.43. The molecule has 5 heteroatoms. The summed E-state index contributed by atoms with van der Waals surface area (Å²) in [5, 5.41) is 2.92. The van der Waals surface area contributed by atoms with Gasteiger partial charge in [-0.25, -0.2) is 4.79 Å². The molecule has 0 radical (unpaired) electrons. The van der Waals surface area contributed by atoms with Gasteiger partial charge in [0.1, 0.15) is 11.7 Å². The molecule has 1 amide bonds. The molecule has 0 saturated heterocycles. The lowest BCUT2D eigenvalue weighted by molar-refractivity contribution is 0.0510. The highest BCUT2D eigenvalue weighted by atomic mass is 16.6. The second-order valence-corrected chi connectivity index (χ2v) is 8.44. The second-order valence-electron chi connectivity index (χ2n) is 8.44. The summed E-state index contributed by atoms with van der Waals surface area (Å²) in [6, 6.07) is 4.06. The molecule has 0 aromatic heterocycles. The van der Waals surface area contributed by atoms with Gasteiger partial charge in [0.2, 0.25) is 0 Å². The van der Waals surface area contributed by atoms with Crippen molar-refractivity contribution in [3.05, 3.63) is 41.5 Å². The summed E-state index contributed by atoms with van der Waals surface area (Å²) < 4.78 is 17.3. The van der Waals surface area contributed by atoms with Crippen LogP contribution in [-0.2, 0) is 10.2 Å². The van der Waals surface area contributed by atoms with E-state index in [1.807, 2.05) is 26.8 Å². The van der Waals surface area contributed by atoms with Gasteiger partial charge in [-0.3, -0.25) is 0 Å². The van der Waals surface area contributed by atoms with Crippen LogP contribution >= 0.6 is 0 Å². The summed E-state index contributed by atoms with van der Waals surface area (Å²) in [5.41, 5.74) is 1.71. The van der Waals surface area contributed by atoms with Crippen molar-refractivity contribution < 1.29 is 19.0 Å². The first-order chi connectivity index (χ1) is 12.8. The molecule has 3 atom stereocenters. The Bertz CT molecular complexity index is 820. The number of allylic oxidation sites excluding steroid dienone is 2. The maximum atomic E-state index is 12.1. The number of benzene rings is 1. The first kappa shape index (κ1) is 18.0. The lowest BCUT2D eigenvalue weighted by Crippen LogP contribution is -2.48. The van der Waals surface area contributed by atoms with Gasteiger partial charge < -0.3 is 19.5 Å². The van der Waals surface area contributed by atoms with Crippen molar-refractivity contribution in [2.45, 2.75) is 50.7 Å². The number of carbonyl (C=O) groups is 1. The molecule has 2 unspecified atom stereocenters. The Morgan fingerprint density at radius 2 is 2.15 bits per heavy atom. The second kappa shape index (κ2) is 6.32. The molecule has 27 heavy (non-hydrogen) atoms. The zero-order valence-corrected chi connectivity index (χ0v) is 16.4. The van der Waals surface area contributed by atoms with Crippen LogP contribution in [0.4, 0.5) is 4.79 Å². The number of hydrogen-bond acceptors (Lipinski definition) is 4. The zero-order valence-electron chi connectivity index (χ0n) is 16.4. The fourth-order valence-electron chi connectivity index (χ4n) is 4.63. The molecule has 5 nitrogen and oxygen atoms in total. The fraction of sp³-hybridized carbons (Fsp3) is 0.500. The van der Waals surface area contributed by atoms with Gasteiger partial charge >= 0.3 is 6.09 Å². The first-order valence-corrected chi connectivity index (χ1v) is 9.55. The third-order valence-electron chi connectivity index (χ3n) is 5.65. The summed E-state index contributed by atoms with van der Waals surface area (Å²) in [6.07, 6.45) is 10.2. The van der Waals surface area contributed by atoms with E-state index in [0.29, 0.717) is 6.54 Å². The molecule has 1 heterocycles. The minimum atomic E-state index is -0.501. The van der Waals surface area contributed by atoms with Crippen molar-refractivity contribution in [2.24, 2.45) is 5.92 Å². The molecule has 1 aliphatic heterocycles. The topological polar surface area (TPSA) is 56.8 Å². The van der Waals surface area contributed by atoms with Crippen molar-refractivity contribution in [1.29, 1.82) is 0 Å². The van der Waals surface area contributed by atoms with E-state index in [1.165, 1.54) is 11.1 Å². The highest BCUT2D eigenvalue weighted by molar-refractivity contribution is 5.71. The Morgan fingerprint density at radius 1 is 1.33 bits per heavy atom. The van der Waals surface area contributed by atoms with Crippen LogP contribution in [0.2, 0.25) is 0 Å². The lowest BCUT2D eigenvalue weighted by Gasteiger charge is -2.43. The van der Waals surface area contributed by atoms with Crippen LogP contribution < -0.4 is 14.8 Å². The van der Waals surface area contributed by atoms with Crippen LogP contribution in [0.15, 0.2) is 30.4 Å². The summed E-state index contributed by atoms with van der Waals surface area (Å²) in [5.74, 6) is 1.88. The number of nitrogens with one attached hydrogen (secondary N) is 1. The van der Waals surface area contributed by atoms with Crippen LogP contribution in [0, 0.1) is 5.92 Å². The number of rotatable bonds is 4. The fourth-order valence-corrected chi connectivity index (χ4v) is 4.63. The Morgan fingerprint density at radius 3 is 2.89 bits per heavy atom. The van der Waals surface area contributed by atoms with E-state index in [2.05, 4.69) is 35.7 Å². The normalized spacial score (nSPS) is 27.0. The smallest absolute Gasteiger partial charge is 0.407 e. The molecule has 1 aromatic rings. The van der Waals surface area contributed by atoms with E-state index in [4.69, 9.17) is 14.2 Å². The Balaban J connectivity index is 1.63. The van der Waals surface area contributed by atoms with Gasteiger partial charge in [-0.05, 0) is 38.8 Å². The number of alkyl carbamates (subject to hydrolysis) is 1. The molecule has 4 rings (SSSR count). The average molecular weight is 369 g/mol.